The molecule has 9 atom stereocenters. The van der Waals surface area contributed by atoms with Gasteiger partial charge in [0.25, 0.3) is 0 Å². The molecule has 3 fully saturated rings. The summed E-state index contributed by atoms with van der Waals surface area (Å²) >= 11 is 0. The number of hydrogen-bond acceptors (Lipinski definition) is 3. The van der Waals surface area contributed by atoms with E-state index in [4.69, 9.17) is 0 Å². The molecule has 0 aromatic heterocycles. The zero-order valence-electron chi connectivity index (χ0n) is 19.8. The van der Waals surface area contributed by atoms with Gasteiger partial charge in [-0.1, -0.05) is 38.5 Å². The quantitative estimate of drug-likeness (QED) is 0.589. The summed E-state index contributed by atoms with van der Waals surface area (Å²) in [5, 5.41) is 19.7. The first-order chi connectivity index (χ1) is 14.8. The van der Waals surface area contributed by atoms with Crippen molar-refractivity contribution in [1.82, 2.24) is 0 Å². The highest BCUT2D eigenvalue weighted by molar-refractivity contribution is 5.96. The number of allylic oxidation sites excluding steroid dienone is 2. The smallest absolute Gasteiger partial charge is 0.161 e. The number of fused-ring (bicyclic) bond motifs is 5. The summed E-state index contributed by atoms with van der Waals surface area (Å²) in [7, 11) is 0. The van der Waals surface area contributed by atoms with Crippen molar-refractivity contribution in [2.24, 2.45) is 46.3 Å². The molecular formula is C28H42O3. The molecule has 5 aliphatic rings. The van der Waals surface area contributed by atoms with Crippen LogP contribution in [0.1, 0.15) is 85.0 Å². The van der Waals surface area contributed by atoms with E-state index in [0.29, 0.717) is 40.6 Å². The van der Waals surface area contributed by atoms with Crippen molar-refractivity contribution in [2.45, 2.75) is 91.1 Å². The fraction of sp³-hybridized carbons (Fsp3) is 0.821. The highest BCUT2D eigenvalue weighted by Gasteiger charge is 2.59. The van der Waals surface area contributed by atoms with Crippen LogP contribution in [0.5, 0.6) is 0 Å². The van der Waals surface area contributed by atoms with Crippen LogP contribution in [0.15, 0.2) is 23.3 Å². The third-order valence-electron chi connectivity index (χ3n) is 11.2. The number of carbonyl (C=O) groups is 1. The number of rotatable bonds is 3. The van der Waals surface area contributed by atoms with Crippen molar-refractivity contribution in [2.75, 3.05) is 6.61 Å². The maximum Gasteiger partial charge on any atom is 0.161 e. The number of aliphatic hydroxyl groups excluding tert-OH is 2. The molecule has 0 aromatic rings. The Morgan fingerprint density at radius 3 is 2.58 bits per heavy atom. The van der Waals surface area contributed by atoms with Gasteiger partial charge in [0, 0.05) is 12.0 Å². The molecular weight excluding hydrogens is 384 g/mol. The first kappa shape index (κ1) is 21.9. The van der Waals surface area contributed by atoms with E-state index in [9.17, 15) is 15.0 Å². The lowest BCUT2D eigenvalue weighted by Crippen LogP contribution is -2.51. The Morgan fingerprint density at radius 2 is 1.84 bits per heavy atom. The molecule has 3 heteroatoms. The zero-order chi connectivity index (χ0) is 22.0. The number of Topliss-reactive ketones (excluding diaryl/α,β-unsaturated/α-hetero) is 1. The second-order valence-corrected chi connectivity index (χ2v) is 12.3. The van der Waals surface area contributed by atoms with Gasteiger partial charge >= 0.3 is 0 Å². The Kier molecular flexibility index (Phi) is 5.53. The lowest BCUT2D eigenvalue weighted by molar-refractivity contribution is -0.118. The first-order valence-electron chi connectivity index (χ1n) is 13.0. The third kappa shape index (κ3) is 3.32. The van der Waals surface area contributed by atoms with E-state index in [-0.39, 0.29) is 18.5 Å². The predicted octanol–water partition coefficient (Wildman–Crippen LogP) is 5.46. The maximum atomic E-state index is 12.4. The summed E-state index contributed by atoms with van der Waals surface area (Å²) in [5.41, 5.74) is 2.91. The fourth-order valence-electron chi connectivity index (χ4n) is 9.29. The average Bonchev–Trinajstić information content (AvgIpc) is 3.11. The average molecular weight is 427 g/mol. The molecule has 8 unspecified atom stereocenters. The van der Waals surface area contributed by atoms with Gasteiger partial charge in [-0.05, 0) is 104 Å². The lowest BCUT2D eigenvalue weighted by atomic mass is 9.46. The minimum atomic E-state index is -0.125. The molecule has 5 aliphatic carbocycles. The summed E-state index contributed by atoms with van der Waals surface area (Å²) in [6, 6.07) is 0. The van der Waals surface area contributed by atoms with Crippen LogP contribution >= 0.6 is 0 Å². The van der Waals surface area contributed by atoms with E-state index in [1.807, 2.05) is 6.08 Å². The zero-order valence-corrected chi connectivity index (χ0v) is 19.8. The van der Waals surface area contributed by atoms with Crippen LogP contribution in [0, 0.1) is 46.3 Å². The second-order valence-electron chi connectivity index (χ2n) is 12.3. The van der Waals surface area contributed by atoms with E-state index in [1.165, 1.54) is 32.1 Å². The summed E-state index contributed by atoms with van der Waals surface area (Å²) in [5.74, 6) is 4.30. The summed E-state index contributed by atoms with van der Waals surface area (Å²) in [6.07, 6.45) is 15.6. The Labute approximate surface area is 188 Å². The van der Waals surface area contributed by atoms with Crippen LogP contribution in [0.25, 0.3) is 0 Å². The molecule has 0 spiro atoms. The van der Waals surface area contributed by atoms with Crippen LogP contribution in [0.2, 0.25) is 0 Å². The number of hydrogen-bond donors (Lipinski definition) is 2. The summed E-state index contributed by atoms with van der Waals surface area (Å²) in [4.78, 5) is 12.4. The Bertz CT molecular complexity index is 796. The van der Waals surface area contributed by atoms with E-state index in [0.717, 1.165) is 43.4 Å². The van der Waals surface area contributed by atoms with Crippen LogP contribution in [0.3, 0.4) is 0 Å². The minimum absolute atomic E-state index is 0.0997. The van der Waals surface area contributed by atoms with Gasteiger partial charge in [-0.2, -0.15) is 0 Å². The molecule has 0 heterocycles. The van der Waals surface area contributed by atoms with Crippen LogP contribution in [0.4, 0.5) is 0 Å². The molecule has 172 valence electrons. The van der Waals surface area contributed by atoms with Crippen molar-refractivity contribution in [3.8, 4) is 0 Å². The van der Waals surface area contributed by atoms with Crippen molar-refractivity contribution in [3.63, 3.8) is 0 Å². The Balaban J connectivity index is 1.36. The van der Waals surface area contributed by atoms with Gasteiger partial charge in [-0.3, -0.25) is 4.79 Å². The van der Waals surface area contributed by atoms with E-state index >= 15 is 0 Å². The molecule has 2 N–H and O–H groups in total. The van der Waals surface area contributed by atoms with Crippen molar-refractivity contribution < 1.29 is 15.0 Å². The molecule has 3 nitrogen and oxygen atoms in total. The van der Waals surface area contributed by atoms with Gasteiger partial charge in [0.1, 0.15) is 0 Å². The Hall–Kier alpha value is -0.930. The molecule has 0 aliphatic heterocycles. The predicted molar refractivity (Wildman–Crippen MR) is 123 cm³/mol. The lowest BCUT2D eigenvalue weighted by Gasteiger charge is -2.58. The maximum absolute atomic E-state index is 12.4. The van der Waals surface area contributed by atoms with E-state index in [1.54, 1.807) is 5.57 Å². The van der Waals surface area contributed by atoms with E-state index in [2.05, 4.69) is 26.8 Å². The number of aliphatic hydroxyl groups is 2. The molecule has 0 radical (unpaired) electrons. The SMILES string of the molecule is C[C@H](C1CC=C(CO)C(=O)C1)C1CCC2C3CC=C4CC(O)CCC4(C)C3CCC21C. The van der Waals surface area contributed by atoms with Gasteiger partial charge in [0.05, 0.1) is 12.7 Å². The van der Waals surface area contributed by atoms with Gasteiger partial charge in [0.15, 0.2) is 5.78 Å². The molecule has 31 heavy (non-hydrogen) atoms. The summed E-state index contributed by atoms with van der Waals surface area (Å²) in [6.45, 7) is 7.42. The van der Waals surface area contributed by atoms with Crippen molar-refractivity contribution >= 4 is 5.78 Å². The van der Waals surface area contributed by atoms with Crippen LogP contribution < -0.4 is 0 Å². The molecule has 0 bridgehead atoms. The largest absolute Gasteiger partial charge is 0.393 e. The summed E-state index contributed by atoms with van der Waals surface area (Å²) < 4.78 is 0. The molecule has 0 aromatic carbocycles. The van der Waals surface area contributed by atoms with Crippen LogP contribution in [-0.2, 0) is 4.79 Å². The van der Waals surface area contributed by atoms with Gasteiger partial charge in [-0.25, -0.2) is 0 Å². The van der Waals surface area contributed by atoms with Gasteiger partial charge < -0.3 is 10.2 Å². The van der Waals surface area contributed by atoms with Gasteiger partial charge in [0.2, 0.25) is 0 Å². The Morgan fingerprint density at radius 1 is 1.03 bits per heavy atom. The topological polar surface area (TPSA) is 57.5 Å². The van der Waals surface area contributed by atoms with Gasteiger partial charge in [-0.15, -0.1) is 0 Å². The highest BCUT2D eigenvalue weighted by Crippen LogP contribution is 2.67. The first-order valence-corrected chi connectivity index (χ1v) is 13.0. The van der Waals surface area contributed by atoms with Crippen molar-refractivity contribution in [1.29, 1.82) is 0 Å². The monoisotopic (exact) mass is 426 g/mol. The van der Waals surface area contributed by atoms with E-state index < -0.39 is 0 Å². The number of carbonyl (C=O) groups excluding carboxylic acids is 1. The minimum Gasteiger partial charge on any atom is -0.393 e. The molecule has 5 rings (SSSR count). The highest BCUT2D eigenvalue weighted by atomic mass is 16.3. The second kappa shape index (κ2) is 7.83. The fourth-order valence-corrected chi connectivity index (χ4v) is 9.29. The standard InChI is InChI=1S/C28H42O3/c1-17(18-4-5-19(16-29)26(31)14-18)23-8-9-24-22-7-6-20-15-21(30)10-12-27(20,2)25(22)11-13-28(23,24)3/h5-6,17-18,21-25,29-30H,4,7-16H2,1-3H3/t17-,18?,21?,22?,23?,24?,25?,27?,28?/m1/s1. The number of ketones is 1. The molecule has 0 amide bonds. The normalized spacial score (nSPS) is 48.2. The third-order valence-corrected chi connectivity index (χ3v) is 11.2. The van der Waals surface area contributed by atoms with Crippen LogP contribution in [-0.4, -0.2) is 28.7 Å². The van der Waals surface area contributed by atoms with Crippen molar-refractivity contribution in [3.05, 3.63) is 23.3 Å². The molecule has 3 saturated carbocycles. The molecule has 0 saturated heterocycles.